The Kier molecular flexibility index (Phi) is 1.00. The van der Waals surface area contributed by atoms with Crippen molar-refractivity contribution in [1.29, 1.82) is 0 Å². The summed E-state index contributed by atoms with van der Waals surface area (Å²) >= 11 is 0. The number of hydrogen-bond acceptors (Lipinski definition) is 0. The van der Waals surface area contributed by atoms with Crippen LogP contribution in [0.5, 0.6) is 0 Å². The highest BCUT2D eigenvalue weighted by atomic mass is 14.8. The maximum Gasteiger partial charge on any atom is -0.0205 e. The first-order valence-corrected chi connectivity index (χ1v) is 5.54. The van der Waals surface area contributed by atoms with Gasteiger partial charge in [0.1, 0.15) is 0 Å². The van der Waals surface area contributed by atoms with E-state index in [1.54, 1.807) is 0 Å². The lowest BCUT2D eigenvalue weighted by Gasteiger charge is -2.78. The molecule has 0 heteroatoms. The third-order valence-corrected chi connectivity index (χ3v) is 6.59. The van der Waals surface area contributed by atoms with Gasteiger partial charge >= 0.3 is 0 Å². The average molecular weight is 164 g/mol. The molecule has 0 radical (unpaired) electrons. The van der Waals surface area contributed by atoms with Crippen molar-refractivity contribution in [3.05, 3.63) is 0 Å². The summed E-state index contributed by atoms with van der Waals surface area (Å²) in [7, 11) is 0. The fourth-order valence-corrected chi connectivity index (χ4v) is 5.61. The van der Waals surface area contributed by atoms with Crippen molar-refractivity contribution < 1.29 is 0 Å². The summed E-state index contributed by atoms with van der Waals surface area (Å²) in [4.78, 5) is 0. The van der Waals surface area contributed by atoms with E-state index in [-0.39, 0.29) is 0 Å². The third kappa shape index (κ3) is 0.383. The van der Waals surface area contributed by atoms with Crippen LogP contribution < -0.4 is 0 Å². The molecular formula is C12H20. The molecule has 0 nitrogen and oxygen atoms in total. The lowest BCUT2D eigenvalue weighted by atomic mass is 9.26. The monoisotopic (exact) mass is 164 g/mol. The number of hydrogen-bond donors (Lipinski definition) is 0. The van der Waals surface area contributed by atoms with E-state index in [2.05, 4.69) is 27.7 Å². The van der Waals surface area contributed by atoms with Crippen molar-refractivity contribution in [2.75, 3.05) is 0 Å². The normalized spacial score (nSPS) is 73.0. The van der Waals surface area contributed by atoms with E-state index in [0.717, 1.165) is 34.5 Å². The Morgan fingerprint density at radius 1 is 0.833 bits per heavy atom. The predicted octanol–water partition coefficient (Wildman–Crippen LogP) is 3.32. The fourth-order valence-electron chi connectivity index (χ4n) is 5.61. The van der Waals surface area contributed by atoms with Gasteiger partial charge in [-0.2, -0.15) is 0 Å². The smallest absolute Gasteiger partial charge is 0.0205 e. The van der Waals surface area contributed by atoms with Gasteiger partial charge in [-0.05, 0) is 47.3 Å². The van der Waals surface area contributed by atoms with Gasteiger partial charge in [0.05, 0.1) is 0 Å². The minimum absolute atomic E-state index is 0.721. The Labute approximate surface area is 75.7 Å². The van der Waals surface area contributed by atoms with Crippen molar-refractivity contribution in [3.8, 4) is 0 Å². The summed E-state index contributed by atoms with van der Waals surface area (Å²) < 4.78 is 0. The number of rotatable bonds is 0. The largest absolute Gasteiger partial charge is 0.0617 e. The topological polar surface area (TPSA) is 0 Å². The fraction of sp³-hybridized carbons (Fsp3) is 1.00. The molecule has 3 rings (SSSR count). The molecule has 3 aliphatic rings. The third-order valence-electron chi connectivity index (χ3n) is 6.59. The summed E-state index contributed by atoms with van der Waals surface area (Å²) in [6.07, 6.45) is 3.06. The maximum absolute atomic E-state index is 2.56. The summed E-state index contributed by atoms with van der Waals surface area (Å²) in [5.74, 6) is 4.19. The van der Waals surface area contributed by atoms with E-state index < -0.39 is 0 Å². The Morgan fingerprint density at radius 3 is 1.67 bits per heavy atom. The van der Waals surface area contributed by atoms with E-state index in [1.165, 1.54) is 12.8 Å². The molecule has 12 heavy (non-hydrogen) atoms. The first-order valence-electron chi connectivity index (χ1n) is 5.54. The molecular weight excluding hydrogens is 144 g/mol. The second kappa shape index (κ2) is 1.63. The Balaban J connectivity index is 2.07. The van der Waals surface area contributed by atoms with Crippen LogP contribution in [0.1, 0.15) is 40.5 Å². The molecule has 0 aromatic heterocycles. The van der Waals surface area contributed by atoms with Gasteiger partial charge in [0.2, 0.25) is 0 Å². The lowest BCUT2D eigenvalue weighted by Crippen LogP contribution is -2.74. The molecule has 0 aromatic rings. The summed E-state index contributed by atoms with van der Waals surface area (Å²) in [6, 6.07) is 0. The van der Waals surface area contributed by atoms with Gasteiger partial charge in [-0.1, -0.05) is 27.7 Å². The van der Waals surface area contributed by atoms with Gasteiger partial charge in [0.25, 0.3) is 0 Å². The van der Waals surface area contributed by atoms with E-state index in [1.807, 2.05) is 0 Å². The SMILES string of the molecule is CC1C2CCC3C(C)C1(C)C23C. The highest BCUT2D eigenvalue weighted by molar-refractivity contribution is 5.27. The van der Waals surface area contributed by atoms with Crippen LogP contribution in [0.4, 0.5) is 0 Å². The Hall–Kier alpha value is 0. The molecule has 0 spiro atoms. The molecule has 0 heterocycles. The second-order valence-electron chi connectivity index (χ2n) is 5.93. The molecule has 3 saturated carbocycles. The van der Waals surface area contributed by atoms with Crippen molar-refractivity contribution in [2.45, 2.75) is 40.5 Å². The highest BCUT2D eigenvalue weighted by Crippen LogP contribution is 2.85. The zero-order chi connectivity index (χ0) is 8.72. The van der Waals surface area contributed by atoms with Gasteiger partial charge in [0.15, 0.2) is 0 Å². The predicted molar refractivity (Wildman–Crippen MR) is 50.8 cm³/mol. The van der Waals surface area contributed by atoms with Crippen molar-refractivity contribution >= 4 is 0 Å². The van der Waals surface area contributed by atoms with Gasteiger partial charge in [0, 0.05) is 0 Å². The molecule has 0 amide bonds. The average Bonchev–Trinajstić information content (AvgIpc) is 2.30. The first kappa shape index (κ1) is 7.41. The molecule has 0 bridgehead atoms. The molecule has 0 N–H and O–H groups in total. The van der Waals surface area contributed by atoms with Crippen molar-refractivity contribution in [3.63, 3.8) is 0 Å². The second-order valence-corrected chi connectivity index (χ2v) is 5.93. The van der Waals surface area contributed by atoms with Crippen LogP contribution in [0.15, 0.2) is 0 Å². The standard InChI is InChI=1S/C12H20/c1-7-9-5-6-10-8(2)11(7,3)12(9,10)4/h7-10H,5-6H2,1-4H3. The van der Waals surface area contributed by atoms with Crippen LogP contribution >= 0.6 is 0 Å². The van der Waals surface area contributed by atoms with Crippen LogP contribution in [-0.4, -0.2) is 0 Å². The van der Waals surface area contributed by atoms with Crippen LogP contribution in [0.3, 0.4) is 0 Å². The molecule has 68 valence electrons. The zero-order valence-corrected chi connectivity index (χ0v) is 8.72. The molecule has 0 aliphatic heterocycles. The summed E-state index contributed by atoms with van der Waals surface area (Å²) in [6.45, 7) is 10.1. The molecule has 3 fully saturated rings. The van der Waals surface area contributed by atoms with Crippen LogP contribution in [0, 0.1) is 34.5 Å². The van der Waals surface area contributed by atoms with E-state index >= 15 is 0 Å². The molecule has 4 atom stereocenters. The summed E-state index contributed by atoms with van der Waals surface area (Å²) in [5, 5.41) is 0. The van der Waals surface area contributed by atoms with Gasteiger partial charge in [-0.3, -0.25) is 0 Å². The molecule has 0 saturated heterocycles. The van der Waals surface area contributed by atoms with E-state index in [0.29, 0.717) is 0 Å². The first-order chi connectivity index (χ1) is 5.54. The van der Waals surface area contributed by atoms with Crippen LogP contribution in [-0.2, 0) is 0 Å². The van der Waals surface area contributed by atoms with Gasteiger partial charge in [-0.25, -0.2) is 0 Å². The van der Waals surface area contributed by atoms with Crippen molar-refractivity contribution in [1.82, 2.24) is 0 Å². The highest BCUT2D eigenvalue weighted by Gasteiger charge is 2.80. The van der Waals surface area contributed by atoms with Gasteiger partial charge in [-0.15, -0.1) is 0 Å². The maximum atomic E-state index is 2.56. The zero-order valence-electron chi connectivity index (χ0n) is 8.72. The lowest BCUT2D eigenvalue weighted by molar-refractivity contribution is -0.312. The minimum atomic E-state index is 0.721. The Morgan fingerprint density at radius 2 is 1.25 bits per heavy atom. The molecule has 3 aliphatic carbocycles. The van der Waals surface area contributed by atoms with E-state index in [4.69, 9.17) is 0 Å². The Bertz CT molecular complexity index is 220. The van der Waals surface area contributed by atoms with E-state index in [9.17, 15) is 0 Å². The van der Waals surface area contributed by atoms with Crippen LogP contribution in [0.2, 0.25) is 0 Å². The van der Waals surface area contributed by atoms with Gasteiger partial charge < -0.3 is 0 Å². The van der Waals surface area contributed by atoms with Crippen LogP contribution in [0.25, 0.3) is 0 Å². The quantitative estimate of drug-likeness (QED) is 0.515. The van der Waals surface area contributed by atoms with Crippen molar-refractivity contribution in [2.24, 2.45) is 34.5 Å². The minimum Gasteiger partial charge on any atom is -0.0617 e. The summed E-state index contributed by atoms with van der Waals surface area (Å²) in [5.41, 5.74) is 1.49. The molecule has 4 unspecified atom stereocenters. The molecule has 0 aromatic carbocycles.